The Morgan fingerprint density at radius 1 is 1.27 bits per heavy atom. The molecule has 26 heavy (non-hydrogen) atoms. The molecule has 2 atom stereocenters. The van der Waals surface area contributed by atoms with Crippen LogP contribution in [-0.2, 0) is 0 Å². The van der Waals surface area contributed by atoms with Crippen LogP contribution < -0.4 is 0 Å². The van der Waals surface area contributed by atoms with Gasteiger partial charge in [-0.25, -0.2) is 4.39 Å². The van der Waals surface area contributed by atoms with Crippen molar-refractivity contribution in [2.24, 2.45) is 0 Å². The number of piperidine rings is 2. The van der Waals surface area contributed by atoms with Crippen LogP contribution in [0.4, 0.5) is 4.39 Å². The van der Waals surface area contributed by atoms with Crippen LogP contribution in [0.3, 0.4) is 0 Å². The molecule has 2 fully saturated rings. The van der Waals surface area contributed by atoms with E-state index in [0.29, 0.717) is 11.4 Å². The second kappa shape index (κ2) is 6.50. The molecule has 138 valence electrons. The second-order valence-corrected chi connectivity index (χ2v) is 7.71. The van der Waals surface area contributed by atoms with Crippen molar-refractivity contribution in [3.05, 3.63) is 41.8 Å². The highest BCUT2D eigenvalue weighted by Crippen LogP contribution is 2.38. The Bertz CT molecular complexity index is 802. The summed E-state index contributed by atoms with van der Waals surface area (Å²) in [5.41, 5.74) is 2.00. The number of hydrogen-bond donors (Lipinski definition) is 1. The van der Waals surface area contributed by atoms with Crippen molar-refractivity contribution in [1.82, 2.24) is 20.0 Å². The molecule has 1 aromatic heterocycles. The molecule has 2 aliphatic rings. The summed E-state index contributed by atoms with van der Waals surface area (Å²) < 4.78 is 13.1. The van der Waals surface area contributed by atoms with Gasteiger partial charge in [0.1, 0.15) is 11.5 Å². The summed E-state index contributed by atoms with van der Waals surface area (Å²) in [6.45, 7) is 4.17. The number of nitrogens with one attached hydrogen (secondary N) is 1. The number of aromatic nitrogens is 2. The molecule has 2 saturated heterocycles. The maximum Gasteiger partial charge on any atom is 0.272 e. The van der Waals surface area contributed by atoms with Crippen LogP contribution in [0.15, 0.2) is 30.3 Å². The Balaban J connectivity index is 1.58. The first-order valence-electron chi connectivity index (χ1n) is 9.32. The number of likely N-dealkylation sites (N-methyl/N-ethyl adjacent to an activating group) is 1. The maximum atomic E-state index is 13.2. The zero-order valence-corrected chi connectivity index (χ0v) is 15.3. The highest BCUT2D eigenvalue weighted by Gasteiger charge is 2.47. The number of carbonyl (C=O) groups excluding carboxylic acids is 1. The van der Waals surface area contributed by atoms with Gasteiger partial charge in [-0.15, -0.1) is 0 Å². The van der Waals surface area contributed by atoms with Crippen molar-refractivity contribution in [2.45, 2.75) is 44.2 Å². The highest BCUT2D eigenvalue weighted by molar-refractivity contribution is 5.93. The molecular weight excluding hydrogens is 331 g/mol. The fourth-order valence-electron chi connectivity index (χ4n) is 4.55. The van der Waals surface area contributed by atoms with Gasteiger partial charge in [0.05, 0.1) is 11.7 Å². The normalized spacial score (nSPS) is 26.6. The Labute approximate surface area is 153 Å². The number of H-pyrrole nitrogens is 1. The molecular formula is C20H25FN4O. The maximum absolute atomic E-state index is 13.2. The number of nitrogens with zero attached hydrogens (tertiary/aromatic N) is 3. The molecule has 6 heteroatoms. The van der Waals surface area contributed by atoms with Gasteiger partial charge < -0.3 is 4.90 Å². The van der Waals surface area contributed by atoms with E-state index in [1.807, 2.05) is 4.90 Å². The predicted octanol–water partition coefficient (Wildman–Crippen LogP) is 3.30. The first-order chi connectivity index (χ1) is 12.5. The van der Waals surface area contributed by atoms with E-state index in [0.717, 1.165) is 44.3 Å². The van der Waals surface area contributed by atoms with E-state index in [-0.39, 0.29) is 23.3 Å². The third kappa shape index (κ3) is 2.82. The van der Waals surface area contributed by atoms with Gasteiger partial charge in [0.15, 0.2) is 0 Å². The minimum atomic E-state index is -0.283. The van der Waals surface area contributed by atoms with Crippen LogP contribution in [0, 0.1) is 5.82 Å². The number of rotatable bonds is 2. The summed E-state index contributed by atoms with van der Waals surface area (Å²) in [6.07, 6.45) is 4.31. The number of hydrogen-bond acceptors (Lipinski definition) is 3. The summed E-state index contributed by atoms with van der Waals surface area (Å²) in [5.74, 6) is -0.272. The third-order valence-electron chi connectivity index (χ3n) is 6.23. The van der Waals surface area contributed by atoms with E-state index < -0.39 is 0 Å². The SMILES string of the molecule is CN1CCC[C@@H]2N(C(=O)c3cc(-c4ccc(F)cc4)n[nH]3)CCC[C@@]21C. The molecule has 0 aliphatic carbocycles. The van der Waals surface area contributed by atoms with Crippen molar-refractivity contribution in [1.29, 1.82) is 0 Å². The Morgan fingerprint density at radius 2 is 2.04 bits per heavy atom. The monoisotopic (exact) mass is 356 g/mol. The van der Waals surface area contributed by atoms with Gasteiger partial charge in [-0.3, -0.25) is 14.8 Å². The molecule has 0 unspecified atom stereocenters. The first kappa shape index (κ1) is 17.2. The van der Waals surface area contributed by atoms with Crippen LogP contribution in [-0.4, -0.2) is 57.6 Å². The van der Waals surface area contributed by atoms with Gasteiger partial charge in [0, 0.05) is 17.6 Å². The van der Waals surface area contributed by atoms with E-state index in [1.165, 1.54) is 12.1 Å². The Hall–Kier alpha value is -2.21. The van der Waals surface area contributed by atoms with Crippen molar-refractivity contribution < 1.29 is 9.18 Å². The Morgan fingerprint density at radius 3 is 2.81 bits per heavy atom. The zero-order chi connectivity index (χ0) is 18.3. The van der Waals surface area contributed by atoms with Crippen LogP contribution in [0.5, 0.6) is 0 Å². The van der Waals surface area contributed by atoms with E-state index in [1.54, 1.807) is 18.2 Å². The number of aromatic amines is 1. The lowest BCUT2D eigenvalue weighted by molar-refractivity contribution is -0.0349. The van der Waals surface area contributed by atoms with E-state index in [9.17, 15) is 9.18 Å². The van der Waals surface area contributed by atoms with E-state index in [4.69, 9.17) is 0 Å². The molecule has 0 bridgehead atoms. The number of benzene rings is 1. The fourth-order valence-corrected chi connectivity index (χ4v) is 4.55. The largest absolute Gasteiger partial charge is 0.332 e. The quantitative estimate of drug-likeness (QED) is 0.898. The number of fused-ring (bicyclic) bond motifs is 1. The number of amides is 1. The van der Waals surface area contributed by atoms with Gasteiger partial charge in [-0.1, -0.05) is 0 Å². The summed E-state index contributed by atoms with van der Waals surface area (Å²) in [7, 11) is 2.17. The van der Waals surface area contributed by atoms with Gasteiger partial charge in [0.25, 0.3) is 5.91 Å². The molecule has 5 nitrogen and oxygen atoms in total. The zero-order valence-electron chi connectivity index (χ0n) is 15.3. The van der Waals surface area contributed by atoms with Crippen molar-refractivity contribution in [3.8, 4) is 11.3 Å². The summed E-state index contributed by atoms with van der Waals surface area (Å²) in [5, 5.41) is 7.15. The van der Waals surface area contributed by atoms with Crippen molar-refractivity contribution in [2.75, 3.05) is 20.1 Å². The predicted molar refractivity (Wildman–Crippen MR) is 98.3 cm³/mol. The van der Waals surface area contributed by atoms with Crippen LogP contribution in [0.2, 0.25) is 0 Å². The Kier molecular flexibility index (Phi) is 4.31. The summed E-state index contributed by atoms with van der Waals surface area (Å²) in [4.78, 5) is 17.6. The standard InChI is InChI=1S/C20H25FN4O/c1-20-10-4-12-25(18(20)5-3-11-24(20)2)19(26)17-13-16(22-23-17)14-6-8-15(21)9-7-14/h6-9,13,18H,3-5,10-12H2,1-2H3,(H,22,23)/t18-,20-/m0/s1. The van der Waals surface area contributed by atoms with Crippen molar-refractivity contribution >= 4 is 5.91 Å². The molecule has 0 radical (unpaired) electrons. The van der Waals surface area contributed by atoms with Crippen molar-refractivity contribution in [3.63, 3.8) is 0 Å². The highest BCUT2D eigenvalue weighted by atomic mass is 19.1. The molecule has 3 heterocycles. The van der Waals surface area contributed by atoms with Gasteiger partial charge in [-0.05, 0) is 76.5 Å². The van der Waals surface area contributed by atoms with Gasteiger partial charge in [-0.2, -0.15) is 5.10 Å². The van der Waals surface area contributed by atoms with Gasteiger partial charge in [0.2, 0.25) is 0 Å². The third-order valence-corrected chi connectivity index (χ3v) is 6.23. The van der Waals surface area contributed by atoms with Crippen LogP contribution >= 0.6 is 0 Å². The van der Waals surface area contributed by atoms with Gasteiger partial charge >= 0.3 is 0 Å². The molecule has 0 saturated carbocycles. The molecule has 4 rings (SSSR count). The lowest BCUT2D eigenvalue weighted by atomic mass is 9.76. The number of halogens is 1. The van der Waals surface area contributed by atoms with E-state index in [2.05, 4.69) is 29.1 Å². The minimum Gasteiger partial charge on any atom is -0.332 e. The smallest absolute Gasteiger partial charge is 0.272 e. The minimum absolute atomic E-state index is 0.0112. The second-order valence-electron chi connectivity index (χ2n) is 7.71. The molecule has 0 spiro atoms. The lowest BCUT2D eigenvalue weighted by Crippen LogP contribution is -2.66. The summed E-state index contributed by atoms with van der Waals surface area (Å²) in [6, 6.07) is 8.16. The molecule has 2 aromatic rings. The topological polar surface area (TPSA) is 52.2 Å². The van der Waals surface area contributed by atoms with Crippen LogP contribution in [0.1, 0.15) is 43.1 Å². The number of likely N-dealkylation sites (tertiary alicyclic amines) is 2. The number of carbonyl (C=O) groups is 1. The first-order valence-corrected chi connectivity index (χ1v) is 9.32. The molecule has 1 aromatic carbocycles. The lowest BCUT2D eigenvalue weighted by Gasteiger charge is -2.55. The fraction of sp³-hybridized carbons (Fsp3) is 0.500. The average molecular weight is 356 g/mol. The average Bonchev–Trinajstić information content (AvgIpc) is 3.12. The van der Waals surface area contributed by atoms with E-state index >= 15 is 0 Å². The molecule has 2 aliphatic heterocycles. The van der Waals surface area contributed by atoms with Crippen LogP contribution in [0.25, 0.3) is 11.3 Å². The summed E-state index contributed by atoms with van der Waals surface area (Å²) >= 11 is 0. The molecule has 1 N–H and O–H groups in total. The molecule has 1 amide bonds.